The van der Waals surface area contributed by atoms with Crippen LogP contribution >= 0.6 is 0 Å². The lowest BCUT2D eigenvalue weighted by molar-refractivity contribution is 1.05. The number of nitrogens with zero attached hydrogens (tertiary/aromatic N) is 14. The maximum Gasteiger partial charge on any atom is 0.125 e. The highest BCUT2D eigenvalue weighted by Gasteiger charge is 1.93. The van der Waals surface area contributed by atoms with Crippen molar-refractivity contribution in [3.8, 4) is 0 Å². The van der Waals surface area contributed by atoms with Gasteiger partial charge in [-0.05, 0) is 240 Å². The van der Waals surface area contributed by atoms with Gasteiger partial charge in [0, 0.05) is 150 Å². The third-order valence-electron chi connectivity index (χ3n) is 13.3. The normalized spacial score (nSPS) is 9.04. The van der Waals surface area contributed by atoms with Gasteiger partial charge in [-0.15, -0.1) is 0 Å². The zero-order valence-corrected chi connectivity index (χ0v) is 63.9. The highest BCUT2D eigenvalue weighted by Crippen LogP contribution is 2.13. The second-order valence-corrected chi connectivity index (χ2v) is 23.2. The fraction of sp³-hybridized carbons (Fsp3) is 0.152. The summed E-state index contributed by atoms with van der Waals surface area (Å²) in [6.07, 6.45) is 28.5. The average Bonchev–Trinajstić information content (AvgIpc) is 0.862. The maximum atomic E-state index is 4.24. The van der Waals surface area contributed by atoms with Crippen LogP contribution in [0.2, 0.25) is 0 Å². The smallest absolute Gasteiger partial charge is 0.125 e. The Bertz CT molecular complexity index is 3750. The summed E-state index contributed by atoms with van der Waals surface area (Å²) < 4.78 is 0. The number of fused-ring (bicyclic) bond motifs is 2. The lowest BCUT2D eigenvalue weighted by Gasteiger charge is -1.96. The Morgan fingerprint density at radius 2 is 0.481 bits per heavy atom. The highest BCUT2D eigenvalue weighted by atomic mass is 14.8. The molecule has 14 nitrogen and oxygen atoms in total. The number of hydrogen-bond donors (Lipinski definition) is 0. The predicted molar refractivity (Wildman–Crippen MR) is 441 cm³/mol. The SMILES string of the molecule is Cc1cc2ccccc2cn1.Cc1ccc2cccnc2c1.Cc1ccccc1.Cc1ccccc1.Cc1ccccn1.Cc1ccccn1.Cc1ccccn1.Cc1ccccn1.Cc1ccccn1.Cc1ccccn1.Cc1cccnc1.Cc1ccncc1.Cc1ncccn1.Cc1ncccn1. The van der Waals surface area contributed by atoms with Gasteiger partial charge in [-0.25, -0.2) is 19.9 Å². The van der Waals surface area contributed by atoms with Crippen LogP contribution < -0.4 is 0 Å². The lowest BCUT2D eigenvalue weighted by atomic mass is 10.1. The van der Waals surface area contributed by atoms with E-state index in [9.17, 15) is 0 Å². The zero-order chi connectivity index (χ0) is 76.7. The van der Waals surface area contributed by atoms with Crippen molar-refractivity contribution in [1.82, 2.24) is 69.8 Å². The largest absolute Gasteiger partial charge is 0.265 e. The third kappa shape index (κ3) is 48.8. The second-order valence-electron chi connectivity index (χ2n) is 23.2. The summed E-state index contributed by atoms with van der Waals surface area (Å²) in [5.41, 5.74) is 15.0. The molecule has 0 aliphatic rings. The van der Waals surface area contributed by atoms with E-state index >= 15 is 0 Å². The van der Waals surface area contributed by atoms with Crippen molar-refractivity contribution in [3.05, 3.63) is 445 Å². The number of hydrogen-bond acceptors (Lipinski definition) is 14. The molecule has 0 saturated carbocycles. The number of rotatable bonds is 0. The van der Waals surface area contributed by atoms with Crippen LogP contribution in [0.5, 0.6) is 0 Å². The summed E-state index contributed by atoms with van der Waals surface area (Å²) >= 11 is 0. The van der Waals surface area contributed by atoms with E-state index in [1.807, 2.05) is 283 Å². The van der Waals surface area contributed by atoms with Crippen molar-refractivity contribution in [2.75, 3.05) is 0 Å². The Labute approximate surface area is 630 Å². The third-order valence-corrected chi connectivity index (χ3v) is 13.3. The summed E-state index contributed by atoms with van der Waals surface area (Å²) in [5.74, 6) is 1.64. The summed E-state index contributed by atoms with van der Waals surface area (Å²) in [4.78, 5) is 55.5. The molecule has 0 unspecified atom stereocenters. The van der Waals surface area contributed by atoms with Crippen molar-refractivity contribution in [2.24, 2.45) is 0 Å². The number of pyridine rings is 10. The van der Waals surface area contributed by atoms with Crippen molar-refractivity contribution in [1.29, 1.82) is 0 Å². The molecule has 12 aromatic heterocycles. The molecule has 0 atom stereocenters. The Morgan fingerprint density at radius 1 is 0.160 bits per heavy atom. The fourth-order valence-electron chi connectivity index (χ4n) is 7.75. The molecule has 12 heterocycles. The van der Waals surface area contributed by atoms with Crippen molar-refractivity contribution in [3.63, 3.8) is 0 Å². The fourth-order valence-corrected chi connectivity index (χ4v) is 7.75. The monoisotopic (exact) mass is 1400 g/mol. The van der Waals surface area contributed by atoms with Gasteiger partial charge < -0.3 is 0 Å². The molecule has 0 aliphatic carbocycles. The van der Waals surface area contributed by atoms with Gasteiger partial charge in [0.25, 0.3) is 0 Å². The van der Waals surface area contributed by atoms with Gasteiger partial charge in [-0.1, -0.05) is 157 Å². The number of aryl methyl sites for hydroxylation is 14. The topological polar surface area (TPSA) is 180 Å². The summed E-state index contributed by atoms with van der Waals surface area (Å²) in [6, 6.07) is 87.8. The van der Waals surface area contributed by atoms with E-state index in [-0.39, 0.29) is 0 Å². The van der Waals surface area contributed by atoms with Crippen molar-refractivity contribution in [2.45, 2.75) is 96.9 Å². The molecular formula is C92H102N14. The van der Waals surface area contributed by atoms with Crippen molar-refractivity contribution < 1.29 is 0 Å². The Hall–Kier alpha value is -12.9. The molecule has 16 aromatic rings. The van der Waals surface area contributed by atoms with E-state index in [1.165, 1.54) is 44.0 Å². The molecule has 0 bridgehead atoms. The predicted octanol–water partition coefficient (Wildman–Crippen LogP) is 21.8. The minimum absolute atomic E-state index is 0.822. The van der Waals surface area contributed by atoms with E-state index in [0.717, 1.165) is 57.0 Å². The Morgan fingerprint density at radius 3 is 0.755 bits per heavy atom. The van der Waals surface area contributed by atoms with Crippen LogP contribution in [0.15, 0.2) is 366 Å². The van der Waals surface area contributed by atoms with E-state index in [2.05, 4.69) is 157 Å². The van der Waals surface area contributed by atoms with Gasteiger partial charge in [-0.3, -0.25) is 49.8 Å². The highest BCUT2D eigenvalue weighted by molar-refractivity contribution is 5.81. The molecule has 14 heteroatoms. The molecule has 0 saturated heterocycles. The average molecular weight is 1400 g/mol. The number of benzene rings is 4. The van der Waals surface area contributed by atoms with E-state index in [4.69, 9.17) is 0 Å². The van der Waals surface area contributed by atoms with Crippen LogP contribution in [0.4, 0.5) is 0 Å². The van der Waals surface area contributed by atoms with Crippen LogP contribution in [0.1, 0.15) is 79.3 Å². The maximum absolute atomic E-state index is 4.24. The first-order valence-corrected chi connectivity index (χ1v) is 34.6. The Kier molecular flexibility index (Phi) is 47.5. The van der Waals surface area contributed by atoms with Crippen molar-refractivity contribution >= 4 is 21.7 Å². The van der Waals surface area contributed by atoms with Gasteiger partial charge in [0.1, 0.15) is 11.6 Å². The molecule has 106 heavy (non-hydrogen) atoms. The molecule has 4 aromatic carbocycles. The van der Waals surface area contributed by atoms with E-state index < -0.39 is 0 Å². The Balaban J connectivity index is 0.000000297. The lowest BCUT2D eigenvalue weighted by Crippen LogP contribution is -1.80. The van der Waals surface area contributed by atoms with E-state index in [1.54, 1.807) is 92.7 Å². The van der Waals surface area contributed by atoms with Crippen LogP contribution in [0.25, 0.3) is 21.7 Å². The molecule has 16 rings (SSSR count). The summed E-state index contributed by atoms with van der Waals surface area (Å²) in [7, 11) is 0. The molecule has 0 spiro atoms. The standard InChI is InChI=1S/2C10H9N.2C7H8.8C6H7N.2C5H6N2/c1-8-4-5-9-3-2-6-11-10(9)7-8;1-8-6-9-4-2-3-5-10(9)7-11-8;2*1-7-5-3-2-4-6-7;1-6-2-4-7-5-3-6;1-6-3-2-4-7-5-6;6*1-6-4-2-3-5-7-6;2*1-5-6-3-2-4-7-5/h2*2-7H,1H3;2*2-6H,1H3;8*2-5H,1H3;2*2-4H,1H3. The quantitative estimate of drug-likeness (QED) is 0.140. The molecule has 0 radical (unpaired) electrons. The van der Waals surface area contributed by atoms with Crippen LogP contribution in [0, 0.1) is 96.9 Å². The first-order chi connectivity index (χ1) is 51.4. The summed E-state index contributed by atoms with van der Waals surface area (Å²) in [6.45, 7) is 27.9. The van der Waals surface area contributed by atoms with E-state index in [0.29, 0.717) is 0 Å². The van der Waals surface area contributed by atoms with Crippen LogP contribution in [0.3, 0.4) is 0 Å². The first-order valence-electron chi connectivity index (χ1n) is 34.6. The molecule has 0 N–H and O–H groups in total. The minimum atomic E-state index is 0.822. The molecule has 540 valence electrons. The van der Waals surface area contributed by atoms with Gasteiger partial charge >= 0.3 is 0 Å². The van der Waals surface area contributed by atoms with Crippen LogP contribution in [-0.2, 0) is 0 Å². The molecule has 0 aliphatic heterocycles. The zero-order valence-electron chi connectivity index (χ0n) is 63.9. The second kappa shape index (κ2) is 57.7. The number of aromatic nitrogens is 14. The van der Waals surface area contributed by atoms with Gasteiger partial charge in [0.15, 0.2) is 0 Å². The van der Waals surface area contributed by atoms with Gasteiger partial charge in [0.2, 0.25) is 0 Å². The minimum Gasteiger partial charge on any atom is -0.265 e. The molecule has 0 fully saturated rings. The van der Waals surface area contributed by atoms with Crippen LogP contribution in [-0.4, -0.2) is 69.8 Å². The summed E-state index contributed by atoms with van der Waals surface area (Å²) in [5, 5.41) is 3.68. The molecule has 0 amide bonds. The van der Waals surface area contributed by atoms with Gasteiger partial charge in [-0.2, -0.15) is 0 Å². The first kappa shape index (κ1) is 87.3. The molecular weight excluding hydrogens is 1300 g/mol. The van der Waals surface area contributed by atoms with Gasteiger partial charge in [0.05, 0.1) is 5.52 Å².